The SMILES string of the molecule is COC1(O[Si](C)(C)C)CCC2CCc3ccccc3C21O[Si](C)(C)C. The van der Waals surface area contributed by atoms with Crippen LogP contribution in [0.2, 0.25) is 39.3 Å². The molecule has 25 heavy (non-hydrogen) atoms. The third-order valence-electron chi connectivity index (χ3n) is 5.41. The summed E-state index contributed by atoms with van der Waals surface area (Å²) in [7, 11) is -1.84. The maximum absolute atomic E-state index is 7.08. The van der Waals surface area contributed by atoms with E-state index in [1.54, 1.807) is 0 Å². The lowest BCUT2D eigenvalue weighted by Gasteiger charge is -2.54. The van der Waals surface area contributed by atoms with Crippen LogP contribution in [0.4, 0.5) is 0 Å². The molecule has 0 aromatic heterocycles. The van der Waals surface area contributed by atoms with Gasteiger partial charge in [-0.25, -0.2) is 0 Å². The van der Waals surface area contributed by atoms with Gasteiger partial charge in [0.25, 0.3) is 0 Å². The summed E-state index contributed by atoms with van der Waals surface area (Å²) in [5, 5.41) is 0. The van der Waals surface area contributed by atoms with E-state index in [-0.39, 0.29) is 0 Å². The summed E-state index contributed by atoms with van der Waals surface area (Å²) < 4.78 is 20.2. The highest BCUT2D eigenvalue weighted by molar-refractivity contribution is 6.70. The van der Waals surface area contributed by atoms with Crippen molar-refractivity contribution >= 4 is 16.6 Å². The van der Waals surface area contributed by atoms with Crippen molar-refractivity contribution in [3.63, 3.8) is 0 Å². The van der Waals surface area contributed by atoms with Gasteiger partial charge in [-0.15, -0.1) is 0 Å². The average molecular weight is 379 g/mol. The van der Waals surface area contributed by atoms with Gasteiger partial charge in [-0.1, -0.05) is 24.3 Å². The van der Waals surface area contributed by atoms with E-state index >= 15 is 0 Å². The number of methoxy groups -OCH3 is 1. The Labute approximate surface area is 155 Å². The Morgan fingerprint density at radius 3 is 2.16 bits per heavy atom. The zero-order valence-electron chi connectivity index (χ0n) is 16.9. The van der Waals surface area contributed by atoms with Crippen LogP contribution in [0.3, 0.4) is 0 Å². The predicted molar refractivity (Wildman–Crippen MR) is 108 cm³/mol. The molecule has 140 valence electrons. The number of fused-ring (bicyclic) bond motifs is 3. The fourth-order valence-corrected chi connectivity index (χ4v) is 7.61. The van der Waals surface area contributed by atoms with Crippen molar-refractivity contribution in [1.29, 1.82) is 0 Å². The van der Waals surface area contributed by atoms with E-state index in [0.717, 1.165) is 25.7 Å². The summed E-state index contributed by atoms with van der Waals surface area (Å²) in [5.41, 5.74) is 2.24. The lowest BCUT2D eigenvalue weighted by molar-refractivity contribution is -0.271. The van der Waals surface area contributed by atoms with Crippen LogP contribution in [0.1, 0.15) is 30.4 Å². The molecule has 0 bridgehead atoms. The first-order valence-electron chi connectivity index (χ1n) is 9.57. The van der Waals surface area contributed by atoms with Crippen LogP contribution < -0.4 is 0 Å². The van der Waals surface area contributed by atoms with Gasteiger partial charge in [-0.2, -0.15) is 0 Å². The van der Waals surface area contributed by atoms with E-state index in [0.29, 0.717) is 5.92 Å². The summed E-state index contributed by atoms with van der Waals surface area (Å²) in [4.78, 5) is 0. The standard InChI is InChI=1S/C20H34O3Si2/c1-21-19(22-24(2,3)4)15-14-17-13-12-16-10-8-9-11-18(16)20(17,19)23-25(5,6)7/h8-11,17H,12-15H2,1-7H3. The first kappa shape index (κ1) is 19.3. The van der Waals surface area contributed by atoms with Crippen LogP contribution in [-0.4, -0.2) is 29.5 Å². The van der Waals surface area contributed by atoms with Gasteiger partial charge in [0, 0.05) is 13.5 Å². The van der Waals surface area contributed by atoms with Crippen LogP contribution in [0.25, 0.3) is 0 Å². The summed E-state index contributed by atoms with van der Waals surface area (Å²) in [6.45, 7) is 13.6. The second-order valence-electron chi connectivity index (χ2n) is 9.55. The molecule has 0 heterocycles. The Morgan fingerprint density at radius 2 is 1.56 bits per heavy atom. The van der Waals surface area contributed by atoms with E-state index in [1.165, 1.54) is 11.1 Å². The fourth-order valence-electron chi connectivity index (χ4n) is 4.88. The average Bonchev–Trinajstić information content (AvgIpc) is 2.79. The molecule has 1 saturated carbocycles. The van der Waals surface area contributed by atoms with Crippen LogP contribution in [0.5, 0.6) is 0 Å². The molecular formula is C20H34O3Si2. The zero-order valence-corrected chi connectivity index (χ0v) is 18.9. The van der Waals surface area contributed by atoms with Crippen LogP contribution in [0, 0.1) is 5.92 Å². The van der Waals surface area contributed by atoms with Gasteiger partial charge < -0.3 is 13.6 Å². The minimum Gasteiger partial charge on any atom is -0.403 e. The number of ether oxygens (including phenoxy) is 1. The molecule has 1 aromatic carbocycles. The predicted octanol–water partition coefficient (Wildman–Crippen LogP) is 5.28. The van der Waals surface area contributed by atoms with E-state index < -0.39 is 28.0 Å². The van der Waals surface area contributed by atoms with Crippen LogP contribution in [-0.2, 0) is 25.6 Å². The molecule has 3 nitrogen and oxygen atoms in total. The molecule has 0 spiro atoms. The molecule has 2 aliphatic rings. The van der Waals surface area contributed by atoms with Crippen molar-refractivity contribution in [2.45, 2.75) is 76.4 Å². The number of hydrogen-bond donors (Lipinski definition) is 0. The Morgan fingerprint density at radius 1 is 0.920 bits per heavy atom. The number of benzene rings is 1. The molecule has 3 rings (SSSR count). The van der Waals surface area contributed by atoms with Crippen molar-refractivity contribution in [2.24, 2.45) is 5.92 Å². The van der Waals surface area contributed by atoms with Gasteiger partial charge in [0.1, 0.15) is 5.60 Å². The Balaban J connectivity index is 2.24. The van der Waals surface area contributed by atoms with Gasteiger partial charge in [0.2, 0.25) is 0 Å². The summed E-state index contributed by atoms with van der Waals surface area (Å²) in [6.07, 6.45) is 4.31. The second kappa shape index (κ2) is 6.31. The molecule has 1 aromatic rings. The molecule has 0 saturated heterocycles. The van der Waals surface area contributed by atoms with E-state index in [2.05, 4.69) is 63.5 Å². The molecule has 3 unspecified atom stereocenters. The van der Waals surface area contributed by atoms with Gasteiger partial charge >= 0.3 is 0 Å². The van der Waals surface area contributed by atoms with Crippen molar-refractivity contribution in [3.05, 3.63) is 35.4 Å². The third-order valence-corrected chi connectivity index (χ3v) is 7.29. The highest BCUT2D eigenvalue weighted by Crippen LogP contribution is 2.61. The van der Waals surface area contributed by atoms with Crippen molar-refractivity contribution in [2.75, 3.05) is 7.11 Å². The number of hydrogen-bond acceptors (Lipinski definition) is 3. The highest BCUT2D eigenvalue weighted by Gasteiger charge is 2.67. The maximum atomic E-state index is 7.08. The lowest BCUT2D eigenvalue weighted by Crippen LogP contribution is -2.62. The largest absolute Gasteiger partial charge is 0.403 e. The first-order chi connectivity index (χ1) is 11.5. The van der Waals surface area contributed by atoms with E-state index in [9.17, 15) is 0 Å². The van der Waals surface area contributed by atoms with Crippen LogP contribution >= 0.6 is 0 Å². The molecule has 0 amide bonds. The van der Waals surface area contributed by atoms with Crippen molar-refractivity contribution < 1.29 is 13.6 Å². The van der Waals surface area contributed by atoms with Gasteiger partial charge in [-0.05, 0) is 75.6 Å². The van der Waals surface area contributed by atoms with Gasteiger partial charge in [-0.3, -0.25) is 0 Å². The first-order valence-corrected chi connectivity index (χ1v) is 16.4. The Bertz CT molecular complexity index is 635. The molecule has 0 aliphatic heterocycles. The Hall–Kier alpha value is -0.466. The van der Waals surface area contributed by atoms with E-state index in [4.69, 9.17) is 13.6 Å². The second-order valence-corrected chi connectivity index (χ2v) is 18.4. The van der Waals surface area contributed by atoms with Crippen molar-refractivity contribution in [1.82, 2.24) is 0 Å². The number of aryl methyl sites for hydroxylation is 1. The fraction of sp³-hybridized carbons (Fsp3) is 0.700. The minimum absolute atomic E-state index is 0.463. The quantitative estimate of drug-likeness (QED) is 0.515. The lowest BCUT2D eigenvalue weighted by atomic mass is 9.71. The molecule has 0 N–H and O–H groups in total. The monoisotopic (exact) mass is 378 g/mol. The molecular weight excluding hydrogens is 344 g/mol. The topological polar surface area (TPSA) is 27.7 Å². The van der Waals surface area contributed by atoms with Gasteiger partial charge in [0.15, 0.2) is 22.4 Å². The summed E-state index contributed by atoms with van der Waals surface area (Å²) in [6, 6.07) is 8.80. The van der Waals surface area contributed by atoms with E-state index in [1.807, 2.05) is 7.11 Å². The zero-order chi connectivity index (χ0) is 18.5. The molecule has 3 atom stereocenters. The van der Waals surface area contributed by atoms with Gasteiger partial charge in [0.05, 0.1) is 0 Å². The summed E-state index contributed by atoms with van der Waals surface area (Å²) in [5.74, 6) is -0.204. The maximum Gasteiger partial charge on any atom is 0.191 e. The Kier molecular flexibility index (Phi) is 4.87. The molecule has 5 heteroatoms. The van der Waals surface area contributed by atoms with Crippen molar-refractivity contribution in [3.8, 4) is 0 Å². The molecule has 1 fully saturated rings. The van der Waals surface area contributed by atoms with Crippen LogP contribution in [0.15, 0.2) is 24.3 Å². The molecule has 2 aliphatic carbocycles. The smallest absolute Gasteiger partial charge is 0.191 e. The highest BCUT2D eigenvalue weighted by atomic mass is 28.4. The normalized spacial score (nSPS) is 32.4. The number of rotatable bonds is 5. The third kappa shape index (κ3) is 3.30. The molecule has 0 radical (unpaired) electrons. The summed E-state index contributed by atoms with van der Waals surface area (Å²) >= 11 is 0. The minimum atomic E-state index is -1.83.